The van der Waals surface area contributed by atoms with Crippen LogP contribution < -0.4 is 16.1 Å². The highest BCUT2D eigenvalue weighted by Crippen LogP contribution is 2.36. The molecule has 3 aliphatic rings. The second-order valence-electron chi connectivity index (χ2n) is 7.65. The first-order valence-electron chi connectivity index (χ1n) is 9.25. The van der Waals surface area contributed by atoms with Gasteiger partial charge in [-0.1, -0.05) is 0 Å². The van der Waals surface area contributed by atoms with Crippen molar-refractivity contribution >= 4 is 17.6 Å². The monoisotopic (exact) mass is 379 g/mol. The van der Waals surface area contributed by atoms with Crippen LogP contribution in [0, 0.1) is 5.41 Å². The van der Waals surface area contributed by atoms with E-state index in [1.165, 1.54) is 0 Å². The van der Waals surface area contributed by atoms with E-state index in [1.54, 1.807) is 12.3 Å². The zero-order valence-corrected chi connectivity index (χ0v) is 15.1. The SMILES string of the molecule is CC1(C2N=C(c3cccnc3NC3CCC(F)(F)CC3)NO2)CCNC1=O. The Balaban J connectivity index is 1.52. The lowest BCUT2D eigenvalue weighted by molar-refractivity contribution is -0.136. The van der Waals surface area contributed by atoms with Crippen molar-refractivity contribution in [3.8, 4) is 0 Å². The maximum Gasteiger partial charge on any atom is 0.248 e. The molecule has 0 bridgehead atoms. The predicted molar refractivity (Wildman–Crippen MR) is 95.3 cm³/mol. The minimum Gasteiger partial charge on any atom is -0.367 e. The lowest BCUT2D eigenvalue weighted by Gasteiger charge is -2.29. The van der Waals surface area contributed by atoms with Crippen LogP contribution in [0.25, 0.3) is 0 Å². The molecule has 2 fully saturated rings. The molecule has 1 saturated carbocycles. The van der Waals surface area contributed by atoms with Crippen molar-refractivity contribution in [3.05, 3.63) is 23.9 Å². The van der Waals surface area contributed by atoms with Gasteiger partial charge in [-0.05, 0) is 38.3 Å². The molecule has 27 heavy (non-hydrogen) atoms. The number of hydrogen-bond acceptors (Lipinski definition) is 6. The lowest BCUT2D eigenvalue weighted by Crippen LogP contribution is -2.39. The van der Waals surface area contributed by atoms with Crippen molar-refractivity contribution in [2.24, 2.45) is 10.4 Å². The Hall–Kier alpha value is -2.29. The van der Waals surface area contributed by atoms with Crippen LogP contribution in [0.2, 0.25) is 0 Å². The number of alkyl halides is 2. The molecule has 2 atom stereocenters. The molecule has 0 aromatic carbocycles. The Labute approximate surface area is 155 Å². The highest BCUT2D eigenvalue weighted by molar-refractivity contribution is 6.03. The summed E-state index contributed by atoms with van der Waals surface area (Å²) in [4.78, 5) is 26.6. The molecule has 1 aliphatic carbocycles. The number of carbonyl (C=O) groups excluding carboxylic acids is 1. The molecular formula is C18H23F2N5O2. The molecule has 3 heterocycles. The maximum absolute atomic E-state index is 13.4. The Kier molecular flexibility index (Phi) is 4.49. The second-order valence-corrected chi connectivity index (χ2v) is 7.65. The van der Waals surface area contributed by atoms with E-state index in [2.05, 4.69) is 26.1 Å². The van der Waals surface area contributed by atoms with E-state index in [4.69, 9.17) is 4.84 Å². The minimum absolute atomic E-state index is 0.0601. The number of anilines is 1. The number of hydrogen-bond donors (Lipinski definition) is 3. The summed E-state index contributed by atoms with van der Waals surface area (Å²) in [5.41, 5.74) is 2.78. The van der Waals surface area contributed by atoms with Crippen molar-refractivity contribution in [1.29, 1.82) is 0 Å². The van der Waals surface area contributed by atoms with Gasteiger partial charge in [0.1, 0.15) is 5.82 Å². The summed E-state index contributed by atoms with van der Waals surface area (Å²) >= 11 is 0. The van der Waals surface area contributed by atoms with Crippen LogP contribution in [0.15, 0.2) is 23.3 Å². The Morgan fingerprint density at radius 1 is 1.30 bits per heavy atom. The molecule has 3 N–H and O–H groups in total. The number of nitrogens with one attached hydrogen (secondary N) is 3. The van der Waals surface area contributed by atoms with E-state index < -0.39 is 17.6 Å². The zero-order chi connectivity index (χ0) is 19.1. The first kappa shape index (κ1) is 18.1. The molecular weight excluding hydrogens is 356 g/mol. The molecule has 2 aliphatic heterocycles. The van der Waals surface area contributed by atoms with Gasteiger partial charge >= 0.3 is 0 Å². The van der Waals surface area contributed by atoms with Crippen LogP contribution in [-0.2, 0) is 9.63 Å². The second kappa shape index (κ2) is 6.70. The molecule has 4 rings (SSSR count). The average molecular weight is 379 g/mol. The number of nitrogens with zero attached hydrogens (tertiary/aromatic N) is 2. The van der Waals surface area contributed by atoms with Gasteiger partial charge in [-0.25, -0.2) is 29.1 Å². The molecule has 2 unspecified atom stereocenters. The van der Waals surface area contributed by atoms with Crippen LogP contribution in [0.3, 0.4) is 0 Å². The van der Waals surface area contributed by atoms with Gasteiger partial charge in [0.05, 0.1) is 11.0 Å². The fourth-order valence-electron chi connectivity index (χ4n) is 3.75. The van der Waals surface area contributed by atoms with Gasteiger partial charge in [-0.2, -0.15) is 0 Å². The standard InChI is InChI=1S/C18H23F2N5O2/c1-17(8-10-22-15(17)26)16-24-14(25-27-16)12-3-2-9-21-13(12)23-11-4-6-18(19,20)7-5-11/h2-3,9,11,16H,4-8,10H2,1H3,(H,21,23)(H,22,26)(H,24,25). The number of hydroxylamine groups is 1. The number of rotatable bonds is 4. The highest BCUT2D eigenvalue weighted by Gasteiger charge is 2.48. The van der Waals surface area contributed by atoms with Crippen LogP contribution in [0.1, 0.15) is 44.6 Å². The zero-order valence-electron chi connectivity index (χ0n) is 15.1. The van der Waals surface area contributed by atoms with Gasteiger partial charge in [-0.15, -0.1) is 0 Å². The minimum atomic E-state index is -2.57. The number of amides is 1. The van der Waals surface area contributed by atoms with E-state index in [0.717, 1.165) is 0 Å². The van der Waals surface area contributed by atoms with Crippen LogP contribution in [-0.4, -0.2) is 41.5 Å². The predicted octanol–water partition coefficient (Wildman–Crippen LogP) is 2.21. The van der Waals surface area contributed by atoms with Gasteiger partial charge in [-0.3, -0.25) is 4.79 Å². The molecule has 1 saturated heterocycles. The molecule has 0 spiro atoms. The normalized spacial score (nSPS) is 30.6. The third-order valence-electron chi connectivity index (χ3n) is 5.63. The highest BCUT2D eigenvalue weighted by atomic mass is 19.3. The number of amidine groups is 1. The Morgan fingerprint density at radius 2 is 2.07 bits per heavy atom. The van der Waals surface area contributed by atoms with Crippen molar-refractivity contribution in [2.45, 2.75) is 57.2 Å². The van der Waals surface area contributed by atoms with Crippen LogP contribution in [0.4, 0.5) is 14.6 Å². The van der Waals surface area contributed by atoms with E-state index in [0.29, 0.717) is 43.0 Å². The number of aromatic nitrogens is 1. The molecule has 0 radical (unpaired) electrons. The topological polar surface area (TPSA) is 87.6 Å². The number of aliphatic imine (C=N–C) groups is 1. The summed E-state index contributed by atoms with van der Waals surface area (Å²) in [7, 11) is 0. The van der Waals surface area contributed by atoms with Crippen LogP contribution >= 0.6 is 0 Å². The fraction of sp³-hybridized carbons (Fsp3) is 0.611. The Bertz CT molecular complexity index is 762. The smallest absolute Gasteiger partial charge is 0.248 e. The summed E-state index contributed by atoms with van der Waals surface area (Å²) in [6.07, 6.45) is 2.19. The van der Waals surface area contributed by atoms with Gasteiger partial charge < -0.3 is 10.6 Å². The third kappa shape index (κ3) is 3.47. The molecule has 146 valence electrons. The molecule has 1 aromatic rings. The average Bonchev–Trinajstić information content (AvgIpc) is 3.26. The van der Waals surface area contributed by atoms with E-state index in [9.17, 15) is 13.6 Å². The molecule has 1 aromatic heterocycles. The van der Waals surface area contributed by atoms with Gasteiger partial charge in [0.25, 0.3) is 0 Å². The summed E-state index contributed by atoms with van der Waals surface area (Å²) in [6.45, 7) is 2.44. The first-order valence-corrected chi connectivity index (χ1v) is 9.25. The summed E-state index contributed by atoms with van der Waals surface area (Å²) in [5.74, 6) is -1.59. The number of carbonyl (C=O) groups is 1. The van der Waals surface area contributed by atoms with Crippen molar-refractivity contribution in [1.82, 2.24) is 15.8 Å². The Morgan fingerprint density at radius 3 is 2.78 bits per heavy atom. The quantitative estimate of drug-likeness (QED) is 0.747. The van der Waals surface area contributed by atoms with Gasteiger partial charge in [0.15, 0.2) is 12.1 Å². The lowest BCUT2D eigenvalue weighted by atomic mass is 9.87. The van der Waals surface area contributed by atoms with E-state index in [1.807, 2.05) is 13.0 Å². The molecule has 7 nitrogen and oxygen atoms in total. The summed E-state index contributed by atoms with van der Waals surface area (Å²) in [6, 6.07) is 3.55. The number of pyridine rings is 1. The summed E-state index contributed by atoms with van der Waals surface area (Å²) < 4.78 is 26.8. The third-order valence-corrected chi connectivity index (χ3v) is 5.63. The van der Waals surface area contributed by atoms with Crippen molar-refractivity contribution < 1.29 is 18.4 Å². The maximum atomic E-state index is 13.4. The van der Waals surface area contributed by atoms with E-state index >= 15 is 0 Å². The molecule has 9 heteroatoms. The van der Waals surface area contributed by atoms with Gasteiger partial charge in [0.2, 0.25) is 11.8 Å². The first-order chi connectivity index (χ1) is 12.9. The van der Waals surface area contributed by atoms with Crippen molar-refractivity contribution in [3.63, 3.8) is 0 Å². The largest absolute Gasteiger partial charge is 0.367 e. The number of halogens is 2. The van der Waals surface area contributed by atoms with E-state index in [-0.39, 0.29) is 24.8 Å². The fourth-order valence-corrected chi connectivity index (χ4v) is 3.75. The van der Waals surface area contributed by atoms with Gasteiger partial charge in [0, 0.05) is 31.6 Å². The van der Waals surface area contributed by atoms with Crippen molar-refractivity contribution in [2.75, 3.05) is 11.9 Å². The molecule has 1 amide bonds. The summed E-state index contributed by atoms with van der Waals surface area (Å²) in [5, 5.41) is 6.08. The van der Waals surface area contributed by atoms with Crippen LogP contribution in [0.5, 0.6) is 0 Å².